The van der Waals surface area contributed by atoms with E-state index in [4.69, 9.17) is 0 Å². The molecule has 2 aliphatic rings. The van der Waals surface area contributed by atoms with Crippen LogP contribution in [0.15, 0.2) is 41.2 Å². The zero-order chi connectivity index (χ0) is 23.3. The molecule has 4 N–H and O–H groups in total. The Morgan fingerprint density at radius 2 is 1.76 bits per heavy atom. The molecule has 1 spiro atoms. The van der Waals surface area contributed by atoms with Crippen molar-refractivity contribution in [1.82, 2.24) is 20.6 Å². The molecular weight excluding hydrogens is 437 g/mol. The first-order chi connectivity index (χ1) is 15.8. The van der Waals surface area contributed by atoms with Crippen LogP contribution in [0.4, 0.5) is 13.2 Å². The first kappa shape index (κ1) is 21.3. The quantitative estimate of drug-likeness (QED) is 0.471. The summed E-state index contributed by atoms with van der Waals surface area (Å²) in [7, 11) is 0. The topological polar surface area (TPSA) is 107 Å². The molecule has 33 heavy (non-hydrogen) atoms. The number of alkyl halides is 2. The van der Waals surface area contributed by atoms with E-state index in [0.717, 1.165) is 31.4 Å². The molecule has 2 fully saturated rings. The fraction of sp³-hybridized carbons (Fsp3) is 0.348. The van der Waals surface area contributed by atoms with Crippen LogP contribution >= 0.6 is 0 Å². The number of rotatable bonds is 5. The summed E-state index contributed by atoms with van der Waals surface area (Å²) >= 11 is 0. The van der Waals surface area contributed by atoms with Crippen molar-refractivity contribution in [3.05, 3.63) is 69.4 Å². The zero-order valence-electron chi connectivity index (χ0n) is 17.4. The summed E-state index contributed by atoms with van der Waals surface area (Å²) in [6, 6.07) is 7.55. The van der Waals surface area contributed by atoms with Gasteiger partial charge in [0.1, 0.15) is 5.82 Å². The molecule has 5 rings (SSSR count). The lowest BCUT2D eigenvalue weighted by Gasteiger charge is -2.61. The summed E-state index contributed by atoms with van der Waals surface area (Å²) < 4.78 is 39.4. The smallest absolute Gasteiger partial charge is 0.323 e. The van der Waals surface area contributed by atoms with E-state index >= 15 is 0 Å². The molecule has 1 aromatic heterocycles. The maximum absolute atomic E-state index is 13.9. The van der Waals surface area contributed by atoms with Gasteiger partial charge in [-0.15, -0.1) is 0 Å². The molecule has 2 aromatic carbocycles. The molecule has 2 unspecified atom stereocenters. The highest BCUT2D eigenvalue weighted by Gasteiger charge is 2.59. The standard InChI is InChI=1S/C23H21F3N4O3/c24-14-9-11(5-6-12(14)19(25)26)20(31)28-16-10-17(23(16)7-2-8-23)29-21(32)13-3-1-4-15-18(13)30-22(33)27-15/h1,3-6,9,16-17,19H,2,7-8,10H2,(H,28,31)(H,29,32)(H2,27,30,33). The third-order valence-electron chi connectivity index (χ3n) is 7.05. The third kappa shape index (κ3) is 3.49. The van der Waals surface area contributed by atoms with E-state index in [2.05, 4.69) is 20.6 Å². The Morgan fingerprint density at radius 3 is 2.39 bits per heavy atom. The van der Waals surface area contributed by atoms with Crippen LogP contribution in [0, 0.1) is 11.2 Å². The summed E-state index contributed by atoms with van der Waals surface area (Å²) in [5.74, 6) is -1.97. The number of aromatic amines is 2. The van der Waals surface area contributed by atoms with Gasteiger partial charge in [0.05, 0.1) is 22.2 Å². The first-order valence-corrected chi connectivity index (χ1v) is 10.7. The summed E-state index contributed by atoms with van der Waals surface area (Å²) in [5.41, 5.74) is -0.149. The zero-order valence-corrected chi connectivity index (χ0v) is 17.4. The molecule has 2 atom stereocenters. The van der Waals surface area contributed by atoms with Crippen LogP contribution in [0.25, 0.3) is 11.0 Å². The van der Waals surface area contributed by atoms with Crippen LogP contribution in [0.2, 0.25) is 0 Å². The second-order valence-corrected chi connectivity index (χ2v) is 8.72. The normalized spacial score (nSPS) is 21.0. The number of benzene rings is 2. The lowest BCUT2D eigenvalue weighted by atomic mass is 9.49. The van der Waals surface area contributed by atoms with E-state index in [-0.39, 0.29) is 29.0 Å². The molecule has 2 aliphatic carbocycles. The van der Waals surface area contributed by atoms with Gasteiger partial charge in [0, 0.05) is 23.1 Å². The highest BCUT2D eigenvalue weighted by Crippen LogP contribution is 2.56. The molecule has 172 valence electrons. The number of para-hydroxylation sites is 1. The number of H-pyrrole nitrogens is 2. The second-order valence-electron chi connectivity index (χ2n) is 8.72. The van der Waals surface area contributed by atoms with Crippen molar-refractivity contribution in [3.8, 4) is 0 Å². The van der Waals surface area contributed by atoms with Crippen LogP contribution < -0.4 is 16.3 Å². The number of nitrogens with one attached hydrogen (secondary N) is 4. The minimum absolute atomic E-state index is 0.0260. The lowest BCUT2D eigenvalue weighted by molar-refractivity contribution is -0.0519. The monoisotopic (exact) mass is 458 g/mol. The minimum atomic E-state index is -2.95. The molecule has 2 amide bonds. The van der Waals surface area contributed by atoms with Crippen molar-refractivity contribution < 1.29 is 22.8 Å². The van der Waals surface area contributed by atoms with E-state index in [1.54, 1.807) is 18.2 Å². The Bertz CT molecular complexity index is 1310. The number of hydrogen-bond acceptors (Lipinski definition) is 3. The first-order valence-electron chi connectivity index (χ1n) is 10.7. The number of carbonyl (C=O) groups is 2. The molecule has 10 heteroatoms. The molecule has 3 aromatic rings. The van der Waals surface area contributed by atoms with Crippen LogP contribution in [-0.4, -0.2) is 33.9 Å². The average molecular weight is 458 g/mol. The maximum atomic E-state index is 13.9. The predicted octanol–water partition coefficient (Wildman–Crippen LogP) is 3.40. The number of amides is 2. The van der Waals surface area contributed by atoms with Crippen molar-refractivity contribution in [2.24, 2.45) is 5.41 Å². The van der Waals surface area contributed by atoms with Gasteiger partial charge in [0.15, 0.2) is 0 Å². The van der Waals surface area contributed by atoms with Gasteiger partial charge in [-0.2, -0.15) is 0 Å². The molecule has 1 heterocycles. The SMILES string of the molecule is O=C(NC1CC(NC(=O)c2cccc3[nH]c(=O)[nH]c23)C12CCC2)c1ccc(C(F)F)c(F)c1. The Kier molecular flexibility index (Phi) is 5.02. The van der Waals surface area contributed by atoms with E-state index < -0.39 is 29.4 Å². The maximum Gasteiger partial charge on any atom is 0.323 e. The Labute approximate surface area is 185 Å². The van der Waals surface area contributed by atoms with Crippen LogP contribution in [0.1, 0.15) is 58.4 Å². The number of aromatic nitrogens is 2. The van der Waals surface area contributed by atoms with Crippen LogP contribution in [0.5, 0.6) is 0 Å². The number of hydrogen-bond donors (Lipinski definition) is 4. The van der Waals surface area contributed by atoms with Gasteiger partial charge in [0.25, 0.3) is 18.2 Å². The van der Waals surface area contributed by atoms with Gasteiger partial charge >= 0.3 is 5.69 Å². The van der Waals surface area contributed by atoms with E-state index in [9.17, 15) is 27.6 Å². The van der Waals surface area contributed by atoms with Crippen LogP contribution in [0.3, 0.4) is 0 Å². The van der Waals surface area contributed by atoms with E-state index in [1.807, 2.05) is 0 Å². The van der Waals surface area contributed by atoms with Crippen molar-refractivity contribution in [1.29, 1.82) is 0 Å². The number of carbonyl (C=O) groups excluding carboxylic acids is 2. The van der Waals surface area contributed by atoms with Gasteiger partial charge in [-0.3, -0.25) is 9.59 Å². The van der Waals surface area contributed by atoms with E-state index in [1.165, 1.54) is 6.07 Å². The molecular formula is C23H21F3N4O3. The highest BCUT2D eigenvalue weighted by molar-refractivity contribution is 6.05. The van der Waals surface area contributed by atoms with Crippen molar-refractivity contribution in [2.75, 3.05) is 0 Å². The molecule has 0 saturated heterocycles. The van der Waals surface area contributed by atoms with Gasteiger partial charge in [-0.1, -0.05) is 12.5 Å². The van der Waals surface area contributed by atoms with Gasteiger partial charge in [0.2, 0.25) is 0 Å². The number of fused-ring (bicyclic) bond motifs is 1. The summed E-state index contributed by atoms with van der Waals surface area (Å²) in [4.78, 5) is 42.4. The van der Waals surface area contributed by atoms with Gasteiger partial charge in [-0.05, 0) is 49.6 Å². The third-order valence-corrected chi connectivity index (χ3v) is 7.05. The van der Waals surface area contributed by atoms with Gasteiger partial charge < -0.3 is 20.6 Å². The molecule has 7 nitrogen and oxygen atoms in total. The van der Waals surface area contributed by atoms with Crippen LogP contribution in [-0.2, 0) is 0 Å². The number of halogens is 3. The average Bonchev–Trinajstić information content (AvgIpc) is 3.11. The summed E-state index contributed by atoms with van der Waals surface area (Å²) in [6.07, 6.45) is 0.122. The van der Waals surface area contributed by atoms with Gasteiger partial charge in [-0.25, -0.2) is 18.0 Å². The Hall–Kier alpha value is -3.56. The summed E-state index contributed by atoms with van der Waals surface area (Å²) in [5, 5.41) is 5.91. The largest absolute Gasteiger partial charge is 0.349 e. The molecule has 0 aliphatic heterocycles. The molecule has 0 bridgehead atoms. The fourth-order valence-corrected chi connectivity index (χ4v) is 5.05. The van der Waals surface area contributed by atoms with Crippen molar-refractivity contribution in [2.45, 2.75) is 44.2 Å². The highest BCUT2D eigenvalue weighted by atomic mass is 19.3. The van der Waals surface area contributed by atoms with E-state index in [0.29, 0.717) is 23.0 Å². The number of imidazole rings is 1. The fourth-order valence-electron chi connectivity index (χ4n) is 5.05. The molecule has 2 saturated carbocycles. The Morgan fingerprint density at radius 1 is 1.03 bits per heavy atom. The molecule has 0 radical (unpaired) electrons. The minimum Gasteiger partial charge on any atom is -0.349 e. The second kappa shape index (κ2) is 7.79. The summed E-state index contributed by atoms with van der Waals surface area (Å²) in [6.45, 7) is 0. The predicted molar refractivity (Wildman–Crippen MR) is 114 cm³/mol. The Balaban J connectivity index is 1.28. The van der Waals surface area contributed by atoms with Crippen molar-refractivity contribution >= 4 is 22.8 Å². The lowest BCUT2D eigenvalue weighted by Crippen LogP contribution is -2.71. The van der Waals surface area contributed by atoms with Crippen molar-refractivity contribution in [3.63, 3.8) is 0 Å².